The first-order chi connectivity index (χ1) is 7.59. The predicted molar refractivity (Wildman–Crippen MR) is 61.9 cm³/mol. The highest BCUT2D eigenvalue weighted by atomic mass is 35.5. The van der Waals surface area contributed by atoms with Crippen molar-refractivity contribution in [3.05, 3.63) is 34.4 Å². The molecular formula is C12H12Cl2F2. The van der Waals surface area contributed by atoms with E-state index >= 15 is 0 Å². The molecule has 0 N–H and O–H groups in total. The first-order valence-corrected chi connectivity index (χ1v) is 6.19. The molecule has 1 aromatic rings. The molecule has 0 radical (unpaired) electrons. The molecular weight excluding hydrogens is 253 g/mol. The molecule has 1 aliphatic carbocycles. The van der Waals surface area contributed by atoms with E-state index in [0.29, 0.717) is 11.5 Å². The van der Waals surface area contributed by atoms with E-state index in [4.69, 9.17) is 23.2 Å². The molecule has 88 valence electrons. The first kappa shape index (κ1) is 12.1. The lowest BCUT2D eigenvalue weighted by Crippen LogP contribution is -2.05. The van der Waals surface area contributed by atoms with Crippen LogP contribution in [0.5, 0.6) is 0 Å². The predicted octanol–water partition coefficient (Wildman–Crippen LogP) is 5.09. The van der Waals surface area contributed by atoms with Crippen molar-refractivity contribution in [1.29, 1.82) is 0 Å². The van der Waals surface area contributed by atoms with Crippen molar-refractivity contribution in [3.63, 3.8) is 0 Å². The van der Waals surface area contributed by atoms with Crippen LogP contribution in [0.2, 0.25) is 5.02 Å². The first-order valence-electron chi connectivity index (χ1n) is 5.38. The Morgan fingerprint density at radius 2 is 1.69 bits per heavy atom. The summed E-state index contributed by atoms with van der Waals surface area (Å²) in [5.41, 5.74) is 0.508. The van der Waals surface area contributed by atoms with Gasteiger partial charge in [0.2, 0.25) is 0 Å². The van der Waals surface area contributed by atoms with Gasteiger partial charge in [0.15, 0.2) is 11.6 Å². The van der Waals surface area contributed by atoms with Gasteiger partial charge in [0, 0.05) is 5.02 Å². The smallest absolute Gasteiger partial charge is 0.160 e. The van der Waals surface area contributed by atoms with Crippen molar-refractivity contribution in [2.24, 2.45) is 5.92 Å². The number of rotatable bonds is 2. The van der Waals surface area contributed by atoms with E-state index in [1.54, 1.807) is 0 Å². The number of halogens is 4. The van der Waals surface area contributed by atoms with Crippen LogP contribution in [-0.4, -0.2) is 0 Å². The van der Waals surface area contributed by atoms with Gasteiger partial charge in [-0.3, -0.25) is 0 Å². The van der Waals surface area contributed by atoms with E-state index in [9.17, 15) is 8.78 Å². The summed E-state index contributed by atoms with van der Waals surface area (Å²) in [6, 6.07) is 2.12. The topological polar surface area (TPSA) is 0 Å². The zero-order valence-corrected chi connectivity index (χ0v) is 10.2. The number of hydrogen-bond acceptors (Lipinski definition) is 0. The van der Waals surface area contributed by atoms with Gasteiger partial charge in [0.05, 0.1) is 5.38 Å². The van der Waals surface area contributed by atoms with Crippen LogP contribution in [0.15, 0.2) is 12.1 Å². The quantitative estimate of drug-likeness (QED) is 0.516. The SMILES string of the molecule is Fc1cc(Cl)c(C(Cl)C2CCCC2)cc1F. The summed E-state index contributed by atoms with van der Waals surface area (Å²) in [6.45, 7) is 0. The lowest BCUT2D eigenvalue weighted by molar-refractivity contribution is 0.497. The highest BCUT2D eigenvalue weighted by molar-refractivity contribution is 6.32. The van der Waals surface area contributed by atoms with Gasteiger partial charge in [-0.1, -0.05) is 24.4 Å². The lowest BCUT2D eigenvalue weighted by Gasteiger charge is -2.18. The zero-order valence-electron chi connectivity index (χ0n) is 8.65. The Morgan fingerprint density at radius 3 is 2.31 bits per heavy atom. The summed E-state index contributed by atoms with van der Waals surface area (Å²) in [4.78, 5) is 0. The molecule has 1 aliphatic rings. The molecule has 4 heteroatoms. The molecule has 0 spiro atoms. The molecule has 1 aromatic carbocycles. The van der Waals surface area contributed by atoms with Gasteiger partial charge in [-0.15, -0.1) is 11.6 Å². The minimum absolute atomic E-state index is 0.214. The lowest BCUT2D eigenvalue weighted by atomic mass is 9.97. The van der Waals surface area contributed by atoms with Gasteiger partial charge in [-0.25, -0.2) is 8.78 Å². The largest absolute Gasteiger partial charge is 0.204 e. The van der Waals surface area contributed by atoms with E-state index in [2.05, 4.69) is 0 Å². The fourth-order valence-electron chi connectivity index (χ4n) is 2.25. The van der Waals surface area contributed by atoms with Gasteiger partial charge >= 0.3 is 0 Å². The average Bonchev–Trinajstić information content (AvgIpc) is 2.75. The molecule has 0 saturated heterocycles. The number of benzene rings is 1. The molecule has 0 aliphatic heterocycles. The minimum Gasteiger partial charge on any atom is -0.204 e. The number of alkyl halides is 1. The Morgan fingerprint density at radius 1 is 1.12 bits per heavy atom. The van der Waals surface area contributed by atoms with Crippen LogP contribution in [0.3, 0.4) is 0 Å². The van der Waals surface area contributed by atoms with Crippen LogP contribution in [0.4, 0.5) is 8.78 Å². The number of hydrogen-bond donors (Lipinski definition) is 0. The zero-order chi connectivity index (χ0) is 11.7. The van der Waals surface area contributed by atoms with Crippen LogP contribution in [0.1, 0.15) is 36.6 Å². The monoisotopic (exact) mass is 264 g/mol. The second-order valence-electron chi connectivity index (χ2n) is 4.23. The molecule has 0 amide bonds. The molecule has 1 atom stereocenters. The van der Waals surface area contributed by atoms with Crippen molar-refractivity contribution in [2.45, 2.75) is 31.1 Å². The molecule has 2 rings (SSSR count). The second-order valence-corrected chi connectivity index (χ2v) is 5.11. The van der Waals surface area contributed by atoms with Gasteiger partial charge in [0.25, 0.3) is 0 Å². The third-order valence-corrected chi connectivity index (χ3v) is 4.07. The molecule has 1 saturated carbocycles. The average molecular weight is 265 g/mol. The van der Waals surface area contributed by atoms with Gasteiger partial charge in [-0.05, 0) is 36.5 Å². The Labute approximate surface area is 104 Å². The summed E-state index contributed by atoms with van der Waals surface area (Å²) >= 11 is 12.2. The normalized spacial score (nSPS) is 19.0. The third kappa shape index (κ3) is 2.33. The van der Waals surface area contributed by atoms with E-state index in [0.717, 1.165) is 37.8 Å². The summed E-state index contributed by atoms with van der Waals surface area (Å²) in [5, 5.41) is -0.101. The van der Waals surface area contributed by atoms with Gasteiger partial charge < -0.3 is 0 Å². The van der Waals surface area contributed by atoms with E-state index in [-0.39, 0.29) is 10.4 Å². The maximum absolute atomic E-state index is 13.1. The van der Waals surface area contributed by atoms with Crippen molar-refractivity contribution in [2.75, 3.05) is 0 Å². The Balaban J connectivity index is 2.28. The summed E-state index contributed by atoms with van der Waals surface area (Å²) in [5.74, 6) is -1.49. The summed E-state index contributed by atoms with van der Waals surface area (Å²) in [6.07, 6.45) is 4.36. The van der Waals surface area contributed by atoms with E-state index in [1.807, 2.05) is 0 Å². The van der Waals surface area contributed by atoms with Crippen molar-refractivity contribution in [1.82, 2.24) is 0 Å². The Kier molecular flexibility index (Phi) is 3.70. The molecule has 1 fully saturated rings. The summed E-state index contributed by atoms with van der Waals surface area (Å²) < 4.78 is 26.0. The maximum Gasteiger partial charge on any atom is 0.160 e. The standard InChI is InChI=1S/C12H12Cl2F2/c13-9-6-11(16)10(15)5-8(9)12(14)7-3-1-2-4-7/h5-7,12H,1-4H2. The molecule has 16 heavy (non-hydrogen) atoms. The van der Waals surface area contributed by atoms with Crippen molar-refractivity contribution in [3.8, 4) is 0 Å². The Bertz CT molecular complexity index is 387. The fraction of sp³-hybridized carbons (Fsp3) is 0.500. The minimum atomic E-state index is -0.927. The third-order valence-electron chi connectivity index (χ3n) is 3.15. The van der Waals surface area contributed by atoms with Gasteiger partial charge in [-0.2, -0.15) is 0 Å². The van der Waals surface area contributed by atoms with Crippen LogP contribution in [0, 0.1) is 17.6 Å². The van der Waals surface area contributed by atoms with Crippen LogP contribution in [0.25, 0.3) is 0 Å². The second kappa shape index (κ2) is 4.89. The van der Waals surface area contributed by atoms with Crippen molar-refractivity contribution < 1.29 is 8.78 Å². The highest BCUT2D eigenvalue weighted by Crippen LogP contribution is 2.42. The maximum atomic E-state index is 13.1. The Hall–Kier alpha value is -0.340. The van der Waals surface area contributed by atoms with Gasteiger partial charge in [0.1, 0.15) is 0 Å². The van der Waals surface area contributed by atoms with E-state index in [1.165, 1.54) is 0 Å². The molecule has 1 unspecified atom stereocenters. The van der Waals surface area contributed by atoms with E-state index < -0.39 is 11.6 Å². The molecule has 0 aromatic heterocycles. The van der Waals surface area contributed by atoms with Crippen LogP contribution >= 0.6 is 23.2 Å². The highest BCUT2D eigenvalue weighted by Gasteiger charge is 2.27. The summed E-state index contributed by atoms with van der Waals surface area (Å²) in [7, 11) is 0. The van der Waals surface area contributed by atoms with Crippen molar-refractivity contribution >= 4 is 23.2 Å². The molecule has 0 heterocycles. The fourth-order valence-corrected chi connectivity index (χ4v) is 3.01. The van der Waals surface area contributed by atoms with Crippen LogP contribution < -0.4 is 0 Å². The molecule has 0 nitrogen and oxygen atoms in total. The molecule has 0 bridgehead atoms. The van der Waals surface area contributed by atoms with Crippen LogP contribution in [-0.2, 0) is 0 Å².